The molecule has 2 atom stereocenters. The zero-order chi connectivity index (χ0) is 12.7. The van der Waals surface area contributed by atoms with Gasteiger partial charge in [-0.25, -0.2) is 0 Å². The zero-order valence-corrected chi connectivity index (χ0v) is 10.4. The van der Waals surface area contributed by atoms with Crippen molar-refractivity contribution >= 4 is 5.97 Å². The first-order valence-corrected chi connectivity index (χ1v) is 6.11. The Balaban J connectivity index is 2.65. The summed E-state index contributed by atoms with van der Waals surface area (Å²) < 4.78 is 5.09. The topological polar surface area (TPSA) is 53.3 Å². The molecule has 0 N–H and O–H groups in total. The van der Waals surface area contributed by atoms with Gasteiger partial charge in [0.2, 0.25) is 0 Å². The first kappa shape index (κ1) is 13.7. The van der Waals surface area contributed by atoms with Gasteiger partial charge >= 0.3 is 5.97 Å². The number of nitrogens with zero attached hydrogens (tertiary/aromatic N) is 2. The van der Waals surface area contributed by atoms with Gasteiger partial charge in [0, 0.05) is 13.0 Å². The van der Waals surface area contributed by atoms with Gasteiger partial charge in [0.15, 0.2) is 0 Å². The largest absolute Gasteiger partial charge is 0.465 e. The highest BCUT2D eigenvalue weighted by molar-refractivity contribution is 5.76. The lowest BCUT2D eigenvalue weighted by Crippen LogP contribution is -2.47. The van der Waals surface area contributed by atoms with Gasteiger partial charge in [-0.15, -0.1) is 6.58 Å². The van der Waals surface area contributed by atoms with Crippen LogP contribution in [0.1, 0.15) is 26.2 Å². The quantitative estimate of drug-likeness (QED) is 0.539. The third-order valence-electron chi connectivity index (χ3n) is 3.12. The minimum atomic E-state index is -0.208. The number of hydrogen-bond donors (Lipinski definition) is 0. The maximum atomic E-state index is 11.9. The second kappa shape index (κ2) is 7.08. The molecule has 0 radical (unpaired) electrons. The number of esters is 1. The van der Waals surface area contributed by atoms with Gasteiger partial charge in [-0.3, -0.25) is 9.69 Å². The second-order valence-corrected chi connectivity index (χ2v) is 4.30. The Bertz CT molecular complexity index is 309. The van der Waals surface area contributed by atoms with Crippen LogP contribution in [0.5, 0.6) is 0 Å². The van der Waals surface area contributed by atoms with E-state index in [0.717, 1.165) is 19.4 Å². The molecule has 17 heavy (non-hydrogen) atoms. The van der Waals surface area contributed by atoms with Gasteiger partial charge in [-0.2, -0.15) is 5.26 Å². The molecule has 0 aromatic rings. The second-order valence-electron chi connectivity index (χ2n) is 4.30. The van der Waals surface area contributed by atoms with Crippen molar-refractivity contribution in [1.29, 1.82) is 5.26 Å². The number of carbonyl (C=O) groups excluding carboxylic acids is 1. The van der Waals surface area contributed by atoms with Crippen molar-refractivity contribution in [2.24, 2.45) is 5.92 Å². The molecule has 0 aromatic heterocycles. The van der Waals surface area contributed by atoms with E-state index >= 15 is 0 Å². The molecule has 0 aromatic carbocycles. The van der Waals surface area contributed by atoms with E-state index in [9.17, 15) is 4.79 Å². The van der Waals surface area contributed by atoms with E-state index in [4.69, 9.17) is 10.00 Å². The molecule has 4 nitrogen and oxygen atoms in total. The van der Waals surface area contributed by atoms with Crippen molar-refractivity contribution < 1.29 is 9.53 Å². The lowest BCUT2D eigenvalue weighted by Gasteiger charge is -2.36. The molecular weight excluding hydrogens is 216 g/mol. The maximum absolute atomic E-state index is 11.9. The maximum Gasteiger partial charge on any atom is 0.323 e. The third-order valence-corrected chi connectivity index (χ3v) is 3.12. The molecule has 0 aliphatic carbocycles. The molecule has 1 aliphatic heterocycles. The number of hydrogen-bond acceptors (Lipinski definition) is 4. The molecule has 1 heterocycles. The average molecular weight is 236 g/mol. The molecule has 0 amide bonds. The lowest BCUT2D eigenvalue weighted by molar-refractivity contribution is -0.151. The minimum Gasteiger partial charge on any atom is -0.465 e. The SMILES string of the molecule is C=CCN1CC[C@H](CC#N)C[C@H]1C(=O)OCC. The number of nitriles is 1. The Morgan fingerprint density at radius 2 is 2.47 bits per heavy atom. The molecule has 4 heteroatoms. The average Bonchev–Trinajstić information content (AvgIpc) is 2.32. The van der Waals surface area contributed by atoms with Crippen molar-refractivity contribution in [3.8, 4) is 6.07 Å². The summed E-state index contributed by atoms with van der Waals surface area (Å²) in [6.07, 6.45) is 4.02. The molecular formula is C13H20N2O2. The van der Waals surface area contributed by atoms with Crippen molar-refractivity contribution in [1.82, 2.24) is 4.90 Å². The molecule has 0 spiro atoms. The molecule has 1 saturated heterocycles. The van der Waals surface area contributed by atoms with Gasteiger partial charge in [-0.1, -0.05) is 6.08 Å². The van der Waals surface area contributed by atoms with E-state index in [-0.39, 0.29) is 12.0 Å². The molecule has 94 valence electrons. The molecule has 1 rings (SSSR count). The molecule has 0 unspecified atom stereocenters. The first-order chi connectivity index (χ1) is 8.22. The van der Waals surface area contributed by atoms with Crippen molar-refractivity contribution in [3.63, 3.8) is 0 Å². The summed E-state index contributed by atoms with van der Waals surface area (Å²) in [4.78, 5) is 13.9. The van der Waals surface area contributed by atoms with Gasteiger partial charge in [-0.05, 0) is 32.2 Å². The van der Waals surface area contributed by atoms with Crippen molar-refractivity contribution in [3.05, 3.63) is 12.7 Å². The highest BCUT2D eigenvalue weighted by atomic mass is 16.5. The molecule has 0 bridgehead atoms. The molecule has 0 saturated carbocycles. The van der Waals surface area contributed by atoms with Crippen LogP contribution in [0.25, 0.3) is 0 Å². The van der Waals surface area contributed by atoms with Crippen molar-refractivity contribution in [2.45, 2.75) is 32.2 Å². The molecule has 1 fully saturated rings. The van der Waals surface area contributed by atoms with E-state index in [1.807, 2.05) is 6.92 Å². The highest BCUT2D eigenvalue weighted by Gasteiger charge is 2.33. The van der Waals surface area contributed by atoms with E-state index in [0.29, 0.717) is 25.5 Å². The summed E-state index contributed by atoms with van der Waals surface area (Å²) in [5.41, 5.74) is 0. The summed E-state index contributed by atoms with van der Waals surface area (Å²) in [5, 5.41) is 8.72. The van der Waals surface area contributed by atoms with Crippen LogP contribution in [0.4, 0.5) is 0 Å². The number of carbonyl (C=O) groups is 1. The van der Waals surface area contributed by atoms with E-state index in [1.54, 1.807) is 6.08 Å². The number of ether oxygens (including phenoxy) is 1. The predicted octanol–water partition coefficient (Wildman–Crippen LogP) is 1.73. The zero-order valence-electron chi connectivity index (χ0n) is 10.4. The van der Waals surface area contributed by atoms with Gasteiger partial charge < -0.3 is 4.74 Å². The van der Waals surface area contributed by atoms with Gasteiger partial charge in [0.05, 0.1) is 12.7 Å². The van der Waals surface area contributed by atoms with Crippen LogP contribution in [0, 0.1) is 17.2 Å². The fourth-order valence-electron chi connectivity index (χ4n) is 2.27. The van der Waals surface area contributed by atoms with E-state index < -0.39 is 0 Å². The Morgan fingerprint density at radius 3 is 3.06 bits per heavy atom. The Labute approximate surface area is 103 Å². The van der Waals surface area contributed by atoms with Crippen LogP contribution >= 0.6 is 0 Å². The first-order valence-electron chi connectivity index (χ1n) is 6.11. The van der Waals surface area contributed by atoms with Crippen LogP contribution in [-0.4, -0.2) is 36.6 Å². The van der Waals surface area contributed by atoms with Gasteiger partial charge in [0.1, 0.15) is 6.04 Å². The standard InChI is InChI=1S/C13H20N2O2/c1-3-8-15-9-6-11(5-7-14)10-12(15)13(16)17-4-2/h3,11-12H,1,4-6,8-10H2,2H3/t11-,12-/m0/s1. The summed E-state index contributed by atoms with van der Waals surface area (Å²) in [6, 6.07) is 1.98. The Morgan fingerprint density at radius 1 is 1.71 bits per heavy atom. The summed E-state index contributed by atoms with van der Waals surface area (Å²) in [5.74, 6) is 0.146. The highest BCUT2D eigenvalue weighted by Crippen LogP contribution is 2.25. The van der Waals surface area contributed by atoms with Crippen LogP contribution in [-0.2, 0) is 9.53 Å². The summed E-state index contributed by atoms with van der Waals surface area (Å²) in [7, 11) is 0. The van der Waals surface area contributed by atoms with Gasteiger partial charge in [0.25, 0.3) is 0 Å². The predicted molar refractivity (Wildman–Crippen MR) is 65.1 cm³/mol. The number of rotatable bonds is 5. The monoisotopic (exact) mass is 236 g/mol. The Kier molecular flexibility index (Phi) is 5.71. The fourth-order valence-corrected chi connectivity index (χ4v) is 2.27. The van der Waals surface area contributed by atoms with E-state index in [1.165, 1.54) is 0 Å². The van der Waals surface area contributed by atoms with Crippen LogP contribution in [0.15, 0.2) is 12.7 Å². The summed E-state index contributed by atoms with van der Waals surface area (Å²) in [6.45, 7) is 7.45. The number of likely N-dealkylation sites (tertiary alicyclic amines) is 1. The van der Waals surface area contributed by atoms with E-state index in [2.05, 4.69) is 17.5 Å². The fraction of sp³-hybridized carbons (Fsp3) is 0.692. The lowest BCUT2D eigenvalue weighted by atomic mass is 9.88. The van der Waals surface area contributed by atoms with Crippen LogP contribution in [0.2, 0.25) is 0 Å². The third kappa shape index (κ3) is 3.86. The minimum absolute atomic E-state index is 0.169. The number of piperidine rings is 1. The van der Waals surface area contributed by atoms with Crippen LogP contribution < -0.4 is 0 Å². The van der Waals surface area contributed by atoms with Crippen molar-refractivity contribution in [2.75, 3.05) is 19.7 Å². The normalized spacial score (nSPS) is 24.9. The van der Waals surface area contributed by atoms with Crippen LogP contribution in [0.3, 0.4) is 0 Å². The molecule has 1 aliphatic rings. The Hall–Kier alpha value is -1.34. The smallest absolute Gasteiger partial charge is 0.323 e. The summed E-state index contributed by atoms with van der Waals surface area (Å²) >= 11 is 0.